The van der Waals surface area contributed by atoms with Crippen LogP contribution in [-0.4, -0.2) is 47.7 Å². The highest BCUT2D eigenvalue weighted by atomic mass is 19.4. The number of fused-ring (bicyclic) bond motifs is 2. The molecule has 0 N–H and O–H groups in total. The first-order valence-electron chi connectivity index (χ1n) is 9.65. The van der Waals surface area contributed by atoms with Gasteiger partial charge in [0.2, 0.25) is 0 Å². The lowest BCUT2D eigenvalue weighted by Crippen LogP contribution is -2.60. The number of ether oxygens (including phenoxy) is 2. The van der Waals surface area contributed by atoms with Gasteiger partial charge in [-0.05, 0) is 51.8 Å². The normalized spacial score (nSPS) is 24.2. The van der Waals surface area contributed by atoms with Crippen molar-refractivity contribution in [2.75, 3.05) is 13.2 Å². The van der Waals surface area contributed by atoms with Gasteiger partial charge in [-0.3, -0.25) is 9.69 Å². The number of piperidine rings is 1. The highest BCUT2D eigenvalue weighted by Crippen LogP contribution is 2.36. The number of alkyl halides is 3. The molecule has 1 aromatic carbocycles. The predicted molar refractivity (Wildman–Crippen MR) is 99.7 cm³/mol. The van der Waals surface area contributed by atoms with Gasteiger partial charge in [-0.2, -0.15) is 18.4 Å². The fraction of sp³-hybridized carbons (Fsp3) is 0.571. The number of ketones is 1. The molecule has 9 heteroatoms. The minimum absolute atomic E-state index is 0.0276. The lowest BCUT2D eigenvalue weighted by molar-refractivity contribution is -0.137. The van der Waals surface area contributed by atoms with Crippen LogP contribution in [0.25, 0.3) is 0 Å². The van der Waals surface area contributed by atoms with Gasteiger partial charge in [0.15, 0.2) is 5.78 Å². The van der Waals surface area contributed by atoms with Gasteiger partial charge in [0.1, 0.15) is 5.60 Å². The summed E-state index contributed by atoms with van der Waals surface area (Å²) in [7, 11) is 0. The number of carbonyl (C=O) groups excluding carboxylic acids is 2. The molecule has 2 bridgehead atoms. The van der Waals surface area contributed by atoms with Crippen molar-refractivity contribution in [3.05, 3.63) is 34.9 Å². The topological polar surface area (TPSA) is 79.6 Å². The maximum absolute atomic E-state index is 13.1. The lowest BCUT2D eigenvalue weighted by atomic mass is 9.80. The van der Waals surface area contributed by atoms with Crippen LogP contribution in [0, 0.1) is 17.2 Å². The Labute approximate surface area is 172 Å². The molecule has 30 heavy (non-hydrogen) atoms. The fourth-order valence-electron chi connectivity index (χ4n) is 3.99. The third kappa shape index (κ3) is 4.59. The van der Waals surface area contributed by atoms with E-state index in [0.717, 1.165) is 12.1 Å². The van der Waals surface area contributed by atoms with Crippen LogP contribution in [-0.2, 0) is 15.7 Å². The van der Waals surface area contributed by atoms with Gasteiger partial charge in [-0.1, -0.05) is 0 Å². The molecule has 3 rings (SSSR count). The largest absolute Gasteiger partial charge is 0.444 e. The minimum Gasteiger partial charge on any atom is -0.444 e. The van der Waals surface area contributed by atoms with E-state index in [2.05, 4.69) is 0 Å². The third-order valence-electron chi connectivity index (χ3n) is 5.23. The molecule has 0 aromatic heterocycles. The maximum atomic E-state index is 13.1. The second-order valence-corrected chi connectivity index (χ2v) is 8.64. The van der Waals surface area contributed by atoms with Crippen LogP contribution in [0.4, 0.5) is 18.0 Å². The van der Waals surface area contributed by atoms with Crippen molar-refractivity contribution in [2.24, 2.45) is 5.92 Å². The molecule has 2 aliphatic rings. The predicted octanol–water partition coefficient (Wildman–Crippen LogP) is 4.17. The van der Waals surface area contributed by atoms with Crippen molar-refractivity contribution in [3.8, 4) is 6.07 Å². The molecule has 0 aliphatic carbocycles. The molecule has 6 nitrogen and oxygen atoms in total. The average molecular weight is 424 g/mol. The van der Waals surface area contributed by atoms with Crippen LogP contribution in [0.1, 0.15) is 55.1 Å². The number of carbonyl (C=O) groups is 2. The van der Waals surface area contributed by atoms with Crippen molar-refractivity contribution >= 4 is 11.9 Å². The number of benzene rings is 1. The molecule has 2 aliphatic heterocycles. The molecule has 2 heterocycles. The number of rotatable bonds is 2. The SMILES string of the molecule is CC(C)(C)OC(=O)N1C2COCC1CC(C(=O)c1ccc(C(F)(F)F)cc1C#N)C2. The van der Waals surface area contributed by atoms with Gasteiger partial charge in [-0.25, -0.2) is 4.79 Å². The number of amides is 1. The molecule has 0 saturated carbocycles. The molecule has 1 amide bonds. The monoisotopic (exact) mass is 424 g/mol. The van der Waals surface area contributed by atoms with E-state index in [4.69, 9.17) is 9.47 Å². The van der Waals surface area contributed by atoms with E-state index in [0.29, 0.717) is 18.9 Å². The summed E-state index contributed by atoms with van der Waals surface area (Å²) in [5.41, 5.74) is -1.97. The van der Waals surface area contributed by atoms with Gasteiger partial charge in [0.25, 0.3) is 0 Å². The molecule has 0 radical (unpaired) electrons. The summed E-state index contributed by atoms with van der Waals surface area (Å²) in [4.78, 5) is 27.3. The van der Waals surface area contributed by atoms with Crippen molar-refractivity contribution in [3.63, 3.8) is 0 Å². The smallest absolute Gasteiger partial charge is 0.416 e. The van der Waals surface area contributed by atoms with Crippen molar-refractivity contribution < 1.29 is 32.2 Å². The van der Waals surface area contributed by atoms with E-state index >= 15 is 0 Å². The molecule has 0 spiro atoms. The molecule has 2 atom stereocenters. The van der Waals surface area contributed by atoms with Gasteiger partial charge >= 0.3 is 12.3 Å². The second kappa shape index (κ2) is 7.91. The van der Waals surface area contributed by atoms with Gasteiger partial charge in [-0.15, -0.1) is 0 Å². The van der Waals surface area contributed by atoms with Crippen LogP contribution in [0.5, 0.6) is 0 Å². The highest BCUT2D eigenvalue weighted by molar-refractivity contribution is 6.00. The first-order chi connectivity index (χ1) is 13.9. The Kier molecular flexibility index (Phi) is 5.83. The Balaban J connectivity index is 1.82. The fourth-order valence-corrected chi connectivity index (χ4v) is 3.99. The Hall–Kier alpha value is -2.60. The number of nitrogens with zero attached hydrogens (tertiary/aromatic N) is 2. The minimum atomic E-state index is -4.60. The number of nitriles is 1. The first-order valence-corrected chi connectivity index (χ1v) is 9.65. The molecule has 2 unspecified atom stereocenters. The van der Waals surface area contributed by atoms with Gasteiger partial charge in [0.05, 0.1) is 42.5 Å². The highest BCUT2D eigenvalue weighted by Gasteiger charge is 2.45. The summed E-state index contributed by atoms with van der Waals surface area (Å²) in [6.07, 6.45) is -4.49. The van der Waals surface area contributed by atoms with Gasteiger partial charge < -0.3 is 9.47 Å². The summed E-state index contributed by atoms with van der Waals surface area (Å²) in [5.74, 6) is -0.910. The molecule has 1 aromatic rings. The summed E-state index contributed by atoms with van der Waals surface area (Å²) in [6, 6.07) is 3.53. The Morgan fingerprint density at radius 1 is 1.17 bits per heavy atom. The standard InChI is InChI=1S/C21H23F3N2O4/c1-20(2,3)30-19(28)26-15-7-12(8-16(26)11-29-10-15)18(27)17-5-4-14(21(22,23)24)6-13(17)9-25/h4-6,12,15-16H,7-8,10-11H2,1-3H3. The van der Waals surface area contributed by atoms with Crippen LogP contribution in [0.15, 0.2) is 18.2 Å². The van der Waals surface area contributed by atoms with E-state index in [1.54, 1.807) is 31.7 Å². The van der Waals surface area contributed by atoms with E-state index in [9.17, 15) is 28.0 Å². The Morgan fingerprint density at radius 2 is 1.77 bits per heavy atom. The van der Waals surface area contributed by atoms with Crippen LogP contribution in [0.2, 0.25) is 0 Å². The van der Waals surface area contributed by atoms with E-state index in [1.807, 2.05) is 0 Å². The summed E-state index contributed by atoms with van der Waals surface area (Å²) < 4.78 is 49.8. The number of Topliss-reactive ketones (excluding diaryl/α,β-unsaturated/α-hetero) is 1. The van der Waals surface area contributed by atoms with E-state index in [1.165, 1.54) is 0 Å². The number of hydrogen-bond acceptors (Lipinski definition) is 5. The van der Waals surface area contributed by atoms with E-state index < -0.39 is 29.4 Å². The maximum Gasteiger partial charge on any atom is 0.416 e. The number of hydrogen-bond donors (Lipinski definition) is 0. The number of morpholine rings is 1. The zero-order chi connectivity index (χ0) is 22.3. The summed E-state index contributed by atoms with van der Waals surface area (Å²) in [5, 5.41) is 9.28. The Morgan fingerprint density at radius 3 is 2.27 bits per heavy atom. The van der Waals surface area contributed by atoms with Crippen LogP contribution in [0.3, 0.4) is 0 Å². The first kappa shape index (κ1) is 22.1. The molecular weight excluding hydrogens is 401 g/mol. The Bertz CT molecular complexity index is 872. The summed E-state index contributed by atoms with van der Waals surface area (Å²) >= 11 is 0. The average Bonchev–Trinajstić information content (AvgIpc) is 2.63. The van der Waals surface area contributed by atoms with Crippen LogP contribution >= 0.6 is 0 Å². The second-order valence-electron chi connectivity index (χ2n) is 8.64. The summed E-state index contributed by atoms with van der Waals surface area (Å²) in [6.45, 7) is 5.79. The quantitative estimate of drug-likeness (QED) is 0.666. The van der Waals surface area contributed by atoms with Crippen molar-refractivity contribution in [1.29, 1.82) is 5.26 Å². The molecular formula is C21H23F3N2O4. The molecule has 2 fully saturated rings. The molecule has 162 valence electrons. The van der Waals surface area contributed by atoms with Crippen LogP contribution < -0.4 is 0 Å². The number of halogens is 3. The van der Waals surface area contributed by atoms with Crippen molar-refractivity contribution in [1.82, 2.24) is 4.90 Å². The third-order valence-corrected chi connectivity index (χ3v) is 5.23. The van der Waals surface area contributed by atoms with Crippen molar-refractivity contribution in [2.45, 2.75) is 57.5 Å². The lowest BCUT2D eigenvalue weighted by Gasteiger charge is -2.47. The molecule has 2 saturated heterocycles. The zero-order valence-electron chi connectivity index (χ0n) is 17.0. The zero-order valence-corrected chi connectivity index (χ0v) is 17.0. The van der Waals surface area contributed by atoms with Gasteiger partial charge in [0, 0.05) is 11.5 Å². The van der Waals surface area contributed by atoms with E-state index in [-0.39, 0.29) is 42.2 Å².